The molecule has 3 aromatic carbocycles. The molecule has 10 heteroatoms. The maximum absolute atomic E-state index is 13.9. The normalized spacial score (nSPS) is 13.3. The molecule has 0 saturated carbocycles. The average molecular weight is 599 g/mol. The monoisotopic (exact) mass is 598 g/mol. The van der Waals surface area contributed by atoms with Crippen molar-refractivity contribution >= 4 is 17.6 Å². The molecule has 1 fully saturated rings. The molecule has 0 aliphatic carbocycles. The number of morpholine rings is 1. The van der Waals surface area contributed by atoms with Crippen LogP contribution in [0.25, 0.3) is 0 Å². The van der Waals surface area contributed by atoms with Gasteiger partial charge in [-0.15, -0.1) is 0 Å². The second kappa shape index (κ2) is 14.7. The molecule has 1 aliphatic rings. The number of amides is 1. The van der Waals surface area contributed by atoms with Gasteiger partial charge in [0.2, 0.25) is 0 Å². The summed E-state index contributed by atoms with van der Waals surface area (Å²) < 4.78 is 28.5. The first-order chi connectivity index (χ1) is 21.4. The smallest absolute Gasteiger partial charge is 0.425 e. The summed E-state index contributed by atoms with van der Waals surface area (Å²) >= 11 is 0. The molecule has 0 bridgehead atoms. The molecule has 0 N–H and O–H groups in total. The van der Waals surface area contributed by atoms with Crippen molar-refractivity contribution in [2.45, 2.75) is 20.3 Å². The molecule has 1 aromatic heterocycles. The number of carbonyl (C=O) groups excluding carboxylic acids is 1. The van der Waals surface area contributed by atoms with Gasteiger partial charge in [-0.05, 0) is 60.9 Å². The van der Waals surface area contributed by atoms with Crippen LogP contribution >= 0.6 is 0 Å². The van der Waals surface area contributed by atoms with Gasteiger partial charge in [-0.1, -0.05) is 30.3 Å². The minimum Gasteiger partial charge on any atom is -0.497 e. The van der Waals surface area contributed by atoms with E-state index in [1.54, 1.807) is 37.6 Å². The molecule has 0 unspecified atom stereocenters. The number of benzene rings is 3. The van der Waals surface area contributed by atoms with Crippen LogP contribution in [0.3, 0.4) is 0 Å². The summed E-state index contributed by atoms with van der Waals surface area (Å²) in [5, 5.41) is 0. The Morgan fingerprint density at radius 3 is 2.45 bits per heavy atom. The SMILES string of the molecule is COc1ccc(N(C(=O)Oc2c(C)cccc2C)c2ccnc(Cc3cccc(OCCN4CCOCC4)c3)n2)c(OC)c1. The number of carbonyl (C=O) groups is 1. The summed E-state index contributed by atoms with van der Waals surface area (Å²) in [6.45, 7) is 8.62. The van der Waals surface area contributed by atoms with E-state index in [1.165, 1.54) is 12.0 Å². The standard InChI is InChI=1S/C34H38N4O6/c1-24-7-5-8-25(2)33(24)44-34(39)38(29-12-11-27(40-3)23-30(29)41-4)32-13-14-35-31(36-32)22-26-9-6-10-28(21-26)43-20-17-37-15-18-42-19-16-37/h5-14,21,23H,15-20,22H2,1-4H3. The highest BCUT2D eigenvalue weighted by Crippen LogP contribution is 2.37. The van der Waals surface area contributed by atoms with Gasteiger partial charge in [0, 0.05) is 38.3 Å². The predicted octanol–water partition coefficient (Wildman–Crippen LogP) is 5.75. The molecular weight excluding hydrogens is 560 g/mol. The van der Waals surface area contributed by atoms with E-state index in [0.717, 1.165) is 55.3 Å². The average Bonchev–Trinajstić information content (AvgIpc) is 3.04. The maximum Gasteiger partial charge on any atom is 0.425 e. The lowest BCUT2D eigenvalue weighted by molar-refractivity contribution is 0.0322. The molecule has 0 radical (unpaired) electrons. The van der Waals surface area contributed by atoms with E-state index in [4.69, 9.17) is 28.7 Å². The lowest BCUT2D eigenvalue weighted by Gasteiger charge is -2.26. The van der Waals surface area contributed by atoms with E-state index < -0.39 is 6.09 Å². The number of aryl methyl sites for hydroxylation is 2. The number of ether oxygens (including phenoxy) is 5. The molecule has 1 amide bonds. The molecule has 44 heavy (non-hydrogen) atoms. The molecule has 1 aliphatic heterocycles. The zero-order valence-corrected chi connectivity index (χ0v) is 25.6. The molecule has 2 heterocycles. The van der Waals surface area contributed by atoms with Crippen LogP contribution in [0.2, 0.25) is 0 Å². The van der Waals surface area contributed by atoms with E-state index >= 15 is 0 Å². The highest BCUT2D eigenvalue weighted by molar-refractivity contribution is 5.98. The minimum atomic E-state index is -0.633. The third-order valence-electron chi connectivity index (χ3n) is 7.37. The highest BCUT2D eigenvalue weighted by atomic mass is 16.6. The summed E-state index contributed by atoms with van der Waals surface area (Å²) in [4.78, 5) is 26.9. The summed E-state index contributed by atoms with van der Waals surface area (Å²) in [7, 11) is 3.11. The van der Waals surface area contributed by atoms with Crippen molar-refractivity contribution in [2.75, 3.05) is 58.6 Å². The number of hydrogen-bond acceptors (Lipinski definition) is 9. The fraction of sp³-hybridized carbons (Fsp3) is 0.324. The molecule has 4 aromatic rings. The Balaban J connectivity index is 1.39. The van der Waals surface area contributed by atoms with E-state index in [1.807, 2.05) is 56.3 Å². The summed E-state index contributed by atoms with van der Waals surface area (Å²) in [5.41, 5.74) is 3.12. The van der Waals surface area contributed by atoms with Crippen LogP contribution < -0.4 is 23.8 Å². The van der Waals surface area contributed by atoms with E-state index in [9.17, 15) is 4.79 Å². The lowest BCUT2D eigenvalue weighted by atomic mass is 10.1. The first kappa shape index (κ1) is 30.8. The van der Waals surface area contributed by atoms with Crippen molar-refractivity contribution in [3.63, 3.8) is 0 Å². The van der Waals surface area contributed by atoms with Crippen LogP contribution in [-0.2, 0) is 11.2 Å². The Morgan fingerprint density at radius 2 is 1.70 bits per heavy atom. The maximum atomic E-state index is 13.9. The van der Waals surface area contributed by atoms with Crippen LogP contribution in [0, 0.1) is 13.8 Å². The van der Waals surface area contributed by atoms with Gasteiger partial charge in [0.15, 0.2) is 0 Å². The number of rotatable bonds is 11. The van der Waals surface area contributed by atoms with Gasteiger partial charge in [0.05, 0.1) is 33.1 Å². The lowest BCUT2D eigenvalue weighted by Crippen LogP contribution is -2.38. The van der Waals surface area contributed by atoms with Gasteiger partial charge >= 0.3 is 6.09 Å². The number of aromatic nitrogens is 2. The fourth-order valence-corrected chi connectivity index (χ4v) is 5.02. The summed E-state index contributed by atoms with van der Waals surface area (Å²) in [6.07, 6.45) is 1.44. The van der Waals surface area contributed by atoms with Crippen molar-refractivity contribution in [3.05, 3.63) is 95.4 Å². The first-order valence-electron chi connectivity index (χ1n) is 14.6. The zero-order chi connectivity index (χ0) is 30.9. The highest BCUT2D eigenvalue weighted by Gasteiger charge is 2.27. The van der Waals surface area contributed by atoms with Crippen molar-refractivity contribution in [1.29, 1.82) is 0 Å². The summed E-state index contributed by atoms with van der Waals surface area (Å²) in [5.74, 6) is 3.16. The molecule has 5 rings (SSSR count). The number of hydrogen-bond donors (Lipinski definition) is 0. The van der Waals surface area contributed by atoms with E-state index in [0.29, 0.717) is 47.6 Å². The van der Waals surface area contributed by atoms with E-state index in [2.05, 4.69) is 9.88 Å². The minimum absolute atomic E-state index is 0.340. The van der Waals surface area contributed by atoms with Crippen LogP contribution in [0.5, 0.6) is 23.0 Å². The van der Waals surface area contributed by atoms with Gasteiger partial charge in [-0.25, -0.2) is 19.7 Å². The second-order valence-corrected chi connectivity index (χ2v) is 10.4. The zero-order valence-electron chi connectivity index (χ0n) is 25.6. The van der Waals surface area contributed by atoms with Gasteiger partial charge < -0.3 is 23.7 Å². The molecule has 0 atom stereocenters. The largest absolute Gasteiger partial charge is 0.497 e. The Hall–Kier alpha value is -4.67. The topological polar surface area (TPSA) is 95.5 Å². The number of para-hydroxylation sites is 1. The van der Waals surface area contributed by atoms with Crippen molar-refractivity contribution < 1.29 is 28.5 Å². The fourth-order valence-electron chi connectivity index (χ4n) is 5.02. The van der Waals surface area contributed by atoms with E-state index in [-0.39, 0.29) is 0 Å². The second-order valence-electron chi connectivity index (χ2n) is 10.4. The molecule has 1 saturated heterocycles. The third-order valence-corrected chi connectivity index (χ3v) is 7.37. The van der Waals surface area contributed by atoms with Gasteiger partial charge in [-0.3, -0.25) is 4.90 Å². The van der Waals surface area contributed by atoms with Gasteiger partial charge in [0.25, 0.3) is 0 Å². The Morgan fingerprint density at radius 1 is 0.932 bits per heavy atom. The quantitative estimate of drug-likeness (QED) is 0.214. The van der Waals surface area contributed by atoms with Crippen molar-refractivity contribution in [2.24, 2.45) is 0 Å². The van der Waals surface area contributed by atoms with Crippen LogP contribution in [-0.4, -0.2) is 74.6 Å². The van der Waals surface area contributed by atoms with Crippen molar-refractivity contribution in [1.82, 2.24) is 14.9 Å². The first-order valence-corrected chi connectivity index (χ1v) is 14.6. The molecular formula is C34H38N4O6. The number of nitrogens with zero attached hydrogens (tertiary/aromatic N) is 4. The number of methoxy groups -OCH3 is 2. The molecule has 0 spiro atoms. The summed E-state index contributed by atoms with van der Waals surface area (Å²) in [6, 6.07) is 20.5. The van der Waals surface area contributed by atoms with Crippen LogP contribution in [0.1, 0.15) is 22.5 Å². The van der Waals surface area contributed by atoms with Gasteiger partial charge in [0.1, 0.15) is 41.2 Å². The Kier molecular flexibility index (Phi) is 10.3. The molecule has 230 valence electrons. The van der Waals surface area contributed by atoms with Gasteiger partial charge in [-0.2, -0.15) is 0 Å². The Labute approximate surface area is 258 Å². The van der Waals surface area contributed by atoms with Crippen LogP contribution in [0.15, 0.2) is 72.9 Å². The third kappa shape index (κ3) is 7.64. The van der Waals surface area contributed by atoms with Crippen LogP contribution in [0.4, 0.5) is 16.3 Å². The number of anilines is 2. The molecule has 10 nitrogen and oxygen atoms in total. The Bertz CT molecular complexity index is 1550. The predicted molar refractivity (Wildman–Crippen MR) is 168 cm³/mol. The van der Waals surface area contributed by atoms with Crippen molar-refractivity contribution in [3.8, 4) is 23.0 Å².